The first-order valence-corrected chi connectivity index (χ1v) is 8.75. The Labute approximate surface area is 148 Å². The Morgan fingerprint density at radius 3 is 2.72 bits per heavy atom. The molecule has 134 valence electrons. The fraction of sp³-hybridized carbons (Fsp3) is 0.526. The first kappa shape index (κ1) is 17.5. The van der Waals surface area contributed by atoms with Crippen LogP contribution >= 0.6 is 0 Å². The van der Waals surface area contributed by atoms with Gasteiger partial charge in [0.1, 0.15) is 6.04 Å². The molecule has 2 unspecified atom stereocenters. The Morgan fingerprint density at radius 2 is 2.00 bits per heavy atom. The summed E-state index contributed by atoms with van der Waals surface area (Å²) in [7, 11) is 0. The van der Waals surface area contributed by atoms with Crippen molar-refractivity contribution in [2.45, 2.75) is 52.1 Å². The number of carbonyl (C=O) groups excluding carboxylic acids is 3. The summed E-state index contributed by atoms with van der Waals surface area (Å²) in [6.45, 7) is 6.52. The molecule has 2 atom stereocenters. The summed E-state index contributed by atoms with van der Waals surface area (Å²) < 4.78 is 0. The predicted molar refractivity (Wildman–Crippen MR) is 95.1 cm³/mol. The van der Waals surface area contributed by atoms with Crippen LogP contribution in [0.5, 0.6) is 0 Å². The third kappa shape index (κ3) is 3.83. The number of nitrogens with one attached hydrogen (secondary N) is 2. The summed E-state index contributed by atoms with van der Waals surface area (Å²) in [5, 5.41) is 5.88. The van der Waals surface area contributed by atoms with E-state index in [1.807, 2.05) is 20.8 Å². The molecule has 0 bridgehead atoms. The average Bonchev–Trinajstić information content (AvgIpc) is 2.62. The van der Waals surface area contributed by atoms with Crippen molar-refractivity contribution in [1.82, 2.24) is 10.2 Å². The van der Waals surface area contributed by atoms with Crippen LogP contribution in [0.4, 0.5) is 5.69 Å². The first-order valence-electron chi connectivity index (χ1n) is 8.75. The normalized spacial score (nSPS) is 23.2. The molecule has 6 heteroatoms. The fourth-order valence-corrected chi connectivity index (χ4v) is 3.50. The van der Waals surface area contributed by atoms with Crippen molar-refractivity contribution in [1.29, 1.82) is 0 Å². The van der Waals surface area contributed by atoms with Crippen LogP contribution in [-0.2, 0) is 9.59 Å². The lowest BCUT2D eigenvalue weighted by molar-refractivity contribution is -0.126. The van der Waals surface area contributed by atoms with E-state index >= 15 is 0 Å². The second-order valence-corrected chi connectivity index (χ2v) is 8.08. The van der Waals surface area contributed by atoms with Crippen molar-refractivity contribution in [3.8, 4) is 0 Å². The number of benzene rings is 1. The number of amides is 3. The van der Waals surface area contributed by atoms with Crippen LogP contribution < -0.4 is 10.6 Å². The maximum Gasteiger partial charge on any atom is 0.256 e. The summed E-state index contributed by atoms with van der Waals surface area (Å²) in [4.78, 5) is 39.2. The maximum atomic E-state index is 12.8. The number of para-hydroxylation sites is 1. The van der Waals surface area contributed by atoms with Crippen LogP contribution in [0.1, 0.15) is 50.4 Å². The minimum absolute atomic E-state index is 0.00501. The third-order valence-electron chi connectivity index (χ3n) is 4.64. The van der Waals surface area contributed by atoms with Gasteiger partial charge < -0.3 is 15.5 Å². The number of piperidine rings is 1. The molecule has 0 aliphatic carbocycles. The standard InChI is InChI=1S/C19H25N3O3/c1-19(2,3)11-16(23)20-12-8-9-22-15(10-12)17(24)21-14-7-5-4-6-13(14)18(22)25/h4-7,12,15H,8-11H2,1-3H3,(H,20,23)(H,21,24). The van der Waals surface area contributed by atoms with Crippen molar-refractivity contribution >= 4 is 23.4 Å². The van der Waals surface area contributed by atoms with Crippen molar-refractivity contribution in [3.63, 3.8) is 0 Å². The van der Waals surface area contributed by atoms with Crippen LogP contribution in [0.25, 0.3) is 0 Å². The van der Waals surface area contributed by atoms with E-state index in [2.05, 4.69) is 10.6 Å². The van der Waals surface area contributed by atoms with Gasteiger partial charge in [-0.05, 0) is 30.4 Å². The van der Waals surface area contributed by atoms with E-state index in [9.17, 15) is 14.4 Å². The SMILES string of the molecule is CC(C)(C)CC(=O)NC1CCN2C(=O)c3ccccc3NC(=O)C2C1. The van der Waals surface area contributed by atoms with Crippen molar-refractivity contribution in [2.75, 3.05) is 11.9 Å². The average molecular weight is 343 g/mol. The van der Waals surface area contributed by atoms with Gasteiger partial charge in [-0.25, -0.2) is 0 Å². The Bertz CT molecular complexity index is 708. The van der Waals surface area contributed by atoms with Gasteiger partial charge >= 0.3 is 0 Å². The molecule has 0 spiro atoms. The summed E-state index contributed by atoms with van der Waals surface area (Å²) in [6.07, 6.45) is 1.55. The monoisotopic (exact) mass is 343 g/mol. The van der Waals surface area contributed by atoms with Gasteiger partial charge in [0.2, 0.25) is 11.8 Å². The Balaban J connectivity index is 1.73. The van der Waals surface area contributed by atoms with E-state index in [-0.39, 0.29) is 29.2 Å². The predicted octanol–water partition coefficient (Wildman–Crippen LogP) is 2.16. The lowest BCUT2D eigenvalue weighted by Gasteiger charge is -2.37. The third-order valence-corrected chi connectivity index (χ3v) is 4.64. The Kier molecular flexibility index (Phi) is 4.54. The molecule has 2 heterocycles. The molecule has 1 saturated heterocycles. The van der Waals surface area contributed by atoms with Crippen molar-refractivity contribution < 1.29 is 14.4 Å². The quantitative estimate of drug-likeness (QED) is 0.864. The van der Waals surface area contributed by atoms with Crippen LogP contribution in [0, 0.1) is 5.41 Å². The molecule has 0 radical (unpaired) electrons. The molecule has 0 saturated carbocycles. The molecular weight excluding hydrogens is 318 g/mol. The van der Waals surface area contributed by atoms with Gasteiger partial charge in [-0.2, -0.15) is 0 Å². The number of hydrogen-bond acceptors (Lipinski definition) is 3. The van der Waals surface area contributed by atoms with E-state index in [1.54, 1.807) is 29.2 Å². The van der Waals surface area contributed by atoms with Gasteiger partial charge in [0.15, 0.2) is 0 Å². The maximum absolute atomic E-state index is 12.8. The molecule has 2 N–H and O–H groups in total. The zero-order chi connectivity index (χ0) is 18.2. The molecule has 25 heavy (non-hydrogen) atoms. The molecule has 0 aromatic heterocycles. The smallest absolute Gasteiger partial charge is 0.256 e. The highest BCUT2D eigenvalue weighted by Gasteiger charge is 2.40. The van der Waals surface area contributed by atoms with Gasteiger partial charge in [0.25, 0.3) is 5.91 Å². The molecule has 3 rings (SSSR count). The second kappa shape index (κ2) is 6.50. The summed E-state index contributed by atoms with van der Waals surface area (Å²) >= 11 is 0. The van der Waals surface area contributed by atoms with Gasteiger partial charge in [0.05, 0.1) is 11.3 Å². The highest BCUT2D eigenvalue weighted by atomic mass is 16.2. The molecule has 1 aromatic rings. The summed E-state index contributed by atoms with van der Waals surface area (Å²) in [6, 6.07) is 6.43. The second-order valence-electron chi connectivity index (χ2n) is 8.08. The largest absolute Gasteiger partial charge is 0.353 e. The molecule has 2 aliphatic rings. The lowest BCUT2D eigenvalue weighted by Crippen LogP contribution is -2.55. The van der Waals surface area contributed by atoms with Gasteiger partial charge in [-0.3, -0.25) is 14.4 Å². The minimum Gasteiger partial charge on any atom is -0.353 e. The number of nitrogens with zero attached hydrogens (tertiary/aromatic N) is 1. The Hall–Kier alpha value is -2.37. The number of anilines is 1. The van der Waals surface area contributed by atoms with E-state index in [0.29, 0.717) is 37.1 Å². The van der Waals surface area contributed by atoms with Crippen LogP contribution in [-0.4, -0.2) is 41.2 Å². The molecule has 3 amide bonds. The molecule has 6 nitrogen and oxygen atoms in total. The van der Waals surface area contributed by atoms with Crippen LogP contribution in [0.3, 0.4) is 0 Å². The molecule has 2 aliphatic heterocycles. The first-order chi connectivity index (χ1) is 11.7. The highest BCUT2D eigenvalue weighted by Crippen LogP contribution is 2.28. The Morgan fingerprint density at radius 1 is 1.28 bits per heavy atom. The van der Waals surface area contributed by atoms with Crippen molar-refractivity contribution in [3.05, 3.63) is 29.8 Å². The van der Waals surface area contributed by atoms with E-state index in [1.165, 1.54) is 0 Å². The van der Waals surface area contributed by atoms with E-state index in [4.69, 9.17) is 0 Å². The van der Waals surface area contributed by atoms with E-state index < -0.39 is 6.04 Å². The number of hydrogen-bond donors (Lipinski definition) is 2. The number of rotatable bonds is 2. The van der Waals surface area contributed by atoms with Gasteiger partial charge in [-0.15, -0.1) is 0 Å². The zero-order valence-electron chi connectivity index (χ0n) is 15.0. The summed E-state index contributed by atoms with van der Waals surface area (Å²) in [5.41, 5.74) is 0.996. The molecule has 1 fully saturated rings. The molecule has 1 aromatic carbocycles. The van der Waals surface area contributed by atoms with Crippen LogP contribution in [0.15, 0.2) is 24.3 Å². The van der Waals surface area contributed by atoms with Gasteiger partial charge in [-0.1, -0.05) is 32.9 Å². The molecular formula is C19H25N3O3. The highest BCUT2D eigenvalue weighted by molar-refractivity contribution is 6.09. The minimum atomic E-state index is -0.548. The fourth-order valence-electron chi connectivity index (χ4n) is 3.50. The van der Waals surface area contributed by atoms with Crippen LogP contribution in [0.2, 0.25) is 0 Å². The number of carbonyl (C=O) groups is 3. The summed E-state index contributed by atoms with van der Waals surface area (Å²) in [5.74, 6) is -0.318. The van der Waals surface area contributed by atoms with E-state index in [0.717, 1.165) is 0 Å². The zero-order valence-corrected chi connectivity index (χ0v) is 15.0. The van der Waals surface area contributed by atoms with Gasteiger partial charge in [0, 0.05) is 19.0 Å². The topological polar surface area (TPSA) is 78.5 Å². The lowest BCUT2D eigenvalue weighted by atomic mass is 9.91. The number of fused-ring (bicyclic) bond motifs is 2. The van der Waals surface area contributed by atoms with Crippen molar-refractivity contribution in [2.24, 2.45) is 5.41 Å².